The van der Waals surface area contributed by atoms with Gasteiger partial charge in [0, 0.05) is 30.1 Å². The molecule has 9 nitrogen and oxygen atoms in total. The zero-order valence-electron chi connectivity index (χ0n) is 19.0. The standard InChI is InChI=1S/C24H24N4O5S/c1-31-18-12-15(13-19(32-2)22(18)33-3)7-8-21(29)28-11-9-16-20(14-28)34-24(26-16)27-23(30)17-6-4-5-10-25-17/h4-8,10,12-13H,9,11,14H2,1-3H3,(H,26,27,30)/b8-7+. The maximum absolute atomic E-state index is 12.8. The summed E-state index contributed by atoms with van der Waals surface area (Å²) in [4.78, 5) is 36.5. The van der Waals surface area contributed by atoms with Crippen molar-refractivity contribution >= 4 is 34.4 Å². The average Bonchev–Trinajstić information content (AvgIpc) is 3.28. The molecule has 0 atom stereocenters. The van der Waals surface area contributed by atoms with E-state index < -0.39 is 0 Å². The lowest BCUT2D eigenvalue weighted by atomic mass is 10.1. The Balaban J connectivity index is 1.43. The van der Waals surface area contributed by atoms with Crippen LogP contribution < -0.4 is 19.5 Å². The first-order chi connectivity index (χ1) is 16.5. The van der Waals surface area contributed by atoms with Gasteiger partial charge >= 0.3 is 0 Å². The molecular formula is C24H24N4O5S. The number of ether oxygens (including phenoxy) is 3. The summed E-state index contributed by atoms with van der Waals surface area (Å²) in [7, 11) is 4.63. The minimum Gasteiger partial charge on any atom is -0.493 e. The fourth-order valence-electron chi connectivity index (χ4n) is 3.57. The van der Waals surface area contributed by atoms with Gasteiger partial charge in [-0.05, 0) is 35.9 Å². The summed E-state index contributed by atoms with van der Waals surface area (Å²) in [5.74, 6) is 1.09. The lowest BCUT2D eigenvalue weighted by Crippen LogP contribution is -2.34. The van der Waals surface area contributed by atoms with Gasteiger partial charge in [0.05, 0.1) is 33.6 Å². The number of aromatic nitrogens is 2. The van der Waals surface area contributed by atoms with E-state index in [1.807, 2.05) is 0 Å². The number of nitrogens with zero attached hydrogens (tertiary/aromatic N) is 3. The largest absolute Gasteiger partial charge is 0.493 e. The van der Waals surface area contributed by atoms with Crippen LogP contribution in [-0.2, 0) is 17.8 Å². The molecule has 0 radical (unpaired) electrons. The van der Waals surface area contributed by atoms with Gasteiger partial charge in [0.1, 0.15) is 5.69 Å². The van der Waals surface area contributed by atoms with Crippen molar-refractivity contribution in [3.05, 3.63) is 64.4 Å². The van der Waals surface area contributed by atoms with E-state index in [2.05, 4.69) is 15.3 Å². The van der Waals surface area contributed by atoms with Crippen molar-refractivity contribution in [2.24, 2.45) is 0 Å². The highest BCUT2D eigenvalue weighted by Crippen LogP contribution is 2.38. The predicted molar refractivity (Wildman–Crippen MR) is 129 cm³/mol. The lowest BCUT2D eigenvalue weighted by Gasteiger charge is -2.24. The number of hydrogen-bond acceptors (Lipinski definition) is 8. The lowest BCUT2D eigenvalue weighted by molar-refractivity contribution is -0.126. The number of pyridine rings is 1. The molecule has 0 bridgehead atoms. The third-order valence-corrected chi connectivity index (χ3v) is 6.26. The van der Waals surface area contributed by atoms with Gasteiger partial charge in [0.2, 0.25) is 11.7 Å². The number of anilines is 1. The van der Waals surface area contributed by atoms with Gasteiger partial charge in [-0.25, -0.2) is 4.98 Å². The first-order valence-corrected chi connectivity index (χ1v) is 11.3. The second kappa shape index (κ2) is 10.3. The highest BCUT2D eigenvalue weighted by molar-refractivity contribution is 7.15. The first kappa shape index (κ1) is 23.2. The summed E-state index contributed by atoms with van der Waals surface area (Å²) in [6.07, 6.45) is 5.43. The molecule has 0 saturated heterocycles. The maximum Gasteiger partial charge on any atom is 0.276 e. The molecule has 1 aromatic carbocycles. The Kier molecular flexibility index (Phi) is 7.07. The summed E-state index contributed by atoms with van der Waals surface area (Å²) in [5.41, 5.74) is 1.97. The van der Waals surface area contributed by atoms with E-state index in [0.29, 0.717) is 47.6 Å². The van der Waals surface area contributed by atoms with Crippen molar-refractivity contribution in [1.82, 2.24) is 14.9 Å². The van der Waals surface area contributed by atoms with Crippen molar-refractivity contribution in [2.45, 2.75) is 13.0 Å². The van der Waals surface area contributed by atoms with E-state index in [9.17, 15) is 9.59 Å². The maximum atomic E-state index is 12.8. The Morgan fingerprint density at radius 1 is 1.12 bits per heavy atom. The van der Waals surface area contributed by atoms with Crippen LogP contribution in [0.2, 0.25) is 0 Å². The fraction of sp³-hybridized carbons (Fsp3) is 0.250. The molecule has 0 saturated carbocycles. The van der Waals surface area contributed by atoms with Crippen molar-refractivity contribution in [1.29, 1.82) is 0 Å². The van der Waals surface area contributed by atoms with Crippen LogP contribution >= 0.6 is 11.3 Å². The molecule has 2 amide bonds. The molecule has 0 fully saturated rings. The van der Waals surface area contributed by atoms with Gasteiger partial charge in [0.25, 0.3) is 5.91 Å². The quantitative estimate of drug-likeness (QED) is 0.517. The van der Waals surface area contributed by atoms with Crippen molar-refractivity contribution < 1.29 is 23.8 Å². The Morgan fingerprint density at radius 3 is 2.53 bits per heavy atom. The molecule has 0 aliphatic carbocycles. The second-order valence-corrected chi connectivity index (χ2v) is 8.44. The van der Waals surface area contributed by atoms with Crippen LogP contribution in [0.4, 0.5) is 5.13 Å². The van der Waals surface area contributed by atoms with Crippen LogP contribution in [0.15, 0.2) is 42.6 Å². The molecule has 2 aromatic heterocycles. The summed E-state index contributed by atoms with van der Waals surface area (Å²) in [6, 6.07) is 8.70. The second-order valence-electron chi connectivity index (χ2n) is 7.36. The molecule has 0 spiro atoms. The molecule has 4 rings (SSSR count). The number of fused-ring (bicyclic) bond motifs is 1. The van der Waals surface area contributed by atoms with E-state index >= 15 is 0 Å². The Bertz CT molecular complexity index is 1200. The number of methoxy groups -OCH3 is 3. The molecule has 3 heterocycles. The Hall–Kier alpha value is -3.92. The molecule has 1 aliphatic rings. The van der Waals surface area contributed by atoms with Gasteiger partial charge < -0.3 is 19.1 Å². The van der Waals surface area contributed by atoms with Crippen molar-refractivity contribution in [3.63, 3.8) is 0 Å². The van der Waals surface area contributed by atoms with Crippen LogP contribution in [0.1, 0.15) is 26.6 Å². The number of hydrogen-bond donors (Lipinski definition) is 1. The molecular weight excluding hydrogens is 456 g/mol. The SMILES string of the molecule is COc1cc(/C=C/C(=O)N2CCc3nc(NC(=O)c4ccccn4)sc3C2)cc(OC)c1OC. The number of amides is 2. The zero-order valence-corrected chi connectivity index (χ0v) is 19.8. The van der Waals surface area contributed by atoms with E-state index in [0.717, 1.165) is 16.1 Å². The van der Waals surface area contributed by atoms with Crippen LogP contribution in [0.5, 0.6) is 17.2 Å². The molecule has 1 aliphatic heterocycles. The monoisotopic (exact) mass is 480 g/mol. The number of carbonyl (C=O) groups is 2. The van der Waals surface area contributed by atoms with Crippen LogP contribution in [0, 0.1) is 0 Å². The number of rotatable bonds is 7. The summed E-state index contributed by atoms with van der Waals surface area (Å²) >= 11 is 1.37. The van der Waals surface area contributed by atoms with Gasteiger partial charge in [0.15, 0.2) is 16.6 Å². The van der Waals surface area contributed by atoms with E-state index in [-0.39, 0.29) is 11.8 Å². The van der Waals surface area contributed by atoms with Gasteiger partial charge in [-0.2, -0.15) is 0 Å². The third kappa shape index (κ3) is 5.01. The Labute approximate surface area is 201 Å². The smallest absolute Gasteiger partial charge is 0.276 e. The topological polar surface area (TPSA) is 103 Å². The van der Waals surface area contributed by atoms with E-state index in [1.165, 1.54) is 17.4 Å². The minimum atomic E-state index is -0.312. The molecule has 0 unspecified atom stereocenters. The number of benzene rings is 1. The van der Waals surface area contributed by atoms with Gasteiger partial charge in [-0.1, -0.05) is 17.4 Å². The number of thiazole rings is 1. The number of nitrogens with one attached hydrogen (secondary N) is 1. The summed E-state index contributed by atoms with van der Waals surface area (Å²) < 4.78 is 16.1. The summed E-state index contributed by atoms with van der Waals surface area (Å²) in [6.45, 7) is 0.980. The highest BCUT2D eigenvalue weighted by atomic mass is 32.1. The molecule has 3 aromatic rings. The zero-order chi connectivity index (χ0) is 24.1. The first-order valence-electron chi connectivity index (χ1n) is 10.5. The normalized spacial score (nSPS) is 12.9. The highest BCUT2D eigenvalue weighted by Gasteiger charge is 2.24. The van der Waals surface area contributed by atoms with Crippen molar-refractivity contribution in [2.75, 3.05) is 33.2 Å². The van der Waals surface area contributed by atoms with E-state index in [1.54, 1.807) is 68.8 Å². The Morgan fingerprint density at radius 2 is 1.88 bits per heavy atom. The van der Waals surface area contributed by atoms with Gasteiger partial charge in [-0.15, -0.1) is 0 Å². The molecule has 1 N–H and O–H groups in total. The van der Waals surface area contributed by atoms with E-state index in [4.69, 9.17) is 14.2 Å². The van der Waals surface area contributed by atoms with Crippen LogP contribution in [-0.4, -0.2) is 54.6 Å². The fourth-order valence-corrected chi connectivity index (χ4v) is 4.58. The average molecular weight is 481 g/mol. The molecule has 10 heteroatoms. The van der Waals surface area contributed by atoms with Crippen molar-refractivity contribution in [3.8, 4) is 17.2 Å². The molecule has 176 valence electrons. The predicted octanol–water partition coefficient (Wildman–Crippen LogP) is 3.41. The van der Waals surface area contributed by atoms with Gasteiger partial charge in [-0.3, -0.25) is 19.9 Å². The van der Waals surface area contributed by atoms with Crippen LogP contribution in [0.3, 0.4) is 0 Å². The third-order valence-electron chi connectivity index (χ3n) is 5.27. The number of carbonyl (C=O) groups excluding carboxylic acids is 2. The minimum absolute atomic E-state index is 0.119. The van der Waals surface area contributed by atoms with Crippen LogP contribution in [0.25, 0.3) is 6.08 Å². The molecule has 34 heavy (non-hydrogen) atoms. The summed E-state index contributed by atoms with van der Waals surface area (Å²) in [5, 5.41) is 3.29.